The van der Waals surface area contributed by atoms with Gasteiger partial charge in [-0.3, -0.25) is 4.72 Å². The number of hydrogen-bond acceptors (Lipinski definition) is 3. The molecule has 100 valence electrons. The molecule has 1 N–H and O–H groups in total. The second kappa shape index (κ2) is 5.66. The number of rotatable bonds is 4. The lowest BCUT2D eigenvalue weighted by Gasteiger charge is -2.08. The van der Waals surface area contributed by atoms with Crippen molar-refractivity contribution in [3.8, 4) is 0 Å². The Morgan fingerprint density at radius 3 is 2.74 bits per heavy atom. The van der Waals surface area contributed by atoms with E-state index in [1.807, 2.05) is 6.07 Å². The van der Waals surface area contributed by atoms with Gasteiger partial charge in [0.05, 0.1) is 0 Å². The summed E-state index contributed by atoms with van der Waals surface area (Å²) < 4.78 is 39.7. The van der Waals surface area contributed by atoms with Crippen molar-refractivity contribution in [1.29, 1.82) is 0 Å². The molecule has 0 atom stereocenters. The summed E-state index contributed by atoms with van der Waals surface area (Å²) in [5.74, 6) is -0.883. The summed E-state index contributed by atoms with van der Waals surface area (Å²) in [5, 5.41) is -0.0141. The van der Waals surface area contributed by atoms with Crippen molar-refractivity contribution in [2.45, 2.75) is 10.4 Å². The first-order valence-corrected chi connectivity index (χ1v) is 7.91. The van der Waals surface area contributed by atoms with E-state index in [9.17, 15) is 12.8 Å². The number of anilines is 1. The number of halogens is 2. The molecule has 4 nitrogen and oxygen atoms in total. The van der Waals surface area contributed by atoms with Crippen molar-refractivity contribution >= 4 is 31.6 Å². The van der Waals surface area contributed by atoms with Gasteiger partial charge >= 0.3 is 0 Å². The molecule has 1 heterocycles. The number of aromatic nitrogens is 1. The minimum absolute atomic E-state index is 0.363. The van der Waals surface area contributed by atoms with Crippen LogP contribution >= 0.6 is 15.9 Å². The van der Waals surface area contributed by atoms with Crippen molar-refractivity contribution in [2.75, 3.05) is 4.72 Å². The summed E-state index contributed by atoms with van der Waals surface area (Å²) in [5.41, 5.74) is 1.27. The van der Waals surface area contributed by atoms with Crippen molar-refractivity contribution in [2.24, 2.45) is 0 Å². The van der Waals surface area contributed by atoms with Gasteiger partial charge in [-0.25, -0.2) is 9.37 Å². The van der Waals surface area contributed by atoms with Crippen LogP contribution in [-0.2, 0) is 15.4 Å². The van der Waals surface area contributed by atoms with E-state index in [-0.39, 0.29) is 0 Å². The molecule has 0 unspecified atom stereocenters. The average molecular weight is 345 g/mol. The Hall–Kier alpha value is -1.47. The summed E-state index contributed by atoms with van der Waals surface area (Å²) in [4.78, 5) is 3.55. The second-order valence-electron chi connectivity index (χ2n) is 3.73. The third kappa shape index (κ3) is 3.30. The van der Waals surface area contributed by atoms with Gasteiger partial charge in [-0.2, -0.15) is 8.42 Å². The smallest absolute Gasteiger partial charge is 0.278 e. The molecule has 0 amide bonds. The van der Waals surface area contributed by atoms with Crippen LogP contribution in [0.3, 0.4) is 0 Å². The fourth-order valence-electron chi connectivity index (χ4n) is 1.49. The summed E-state index contributed by atoms with van der Waals surface area (Å²) in [6.45, 7) is 0. The van der Waals surface area contributed by atoms with Crippen LogP contribution in [0.1, 0.15) is 5.56 Å². The van der Waals surface area contributed by atoms with Crippen LogP contribution in [0.25, 0.3) is 0 Å². The zero-order chi connectivity index (χ0) is 13.9. The molecule has 0 fully saturated rings. The first-order valence-electron chi connectivity index (χ1n) is 5.31. The van der Waals surface area contributed by atoms with Crippen LogP contribution in [0, 0.1) is 5.82 Å². The number of hydrogen-bond donors (Lipinski definition) is 1. The molecule has 0 radical (unpaired) electrons. The maximum Gasteiger partial charge on any atom is 0.282 e. The normalized spacial score (nSPS) is 11.3. The maximum absolute atomic E-state index is 13.4. The zero-order valence-electron chi connectivity index (χ0n) is 9.68. The molecule has 1 aromatic heterocycles. The molecule has 0 aliphatic rings. The lowest BCUT2D eigenvalue weighted by molar-refractivity contribution is 0.557. The Morgan fingerprint density at radius 1 is 1.26 bits per heavy atom. The predicted octanol–water partition coefficient (Wildman–Crippen LogP) is 2.92. The van der Waals surface area contributed by atoms with Gasteiger partial charge in [0.1, 0.15) is 0 Å². The van der Waals surface area contributed by atoms with Crippen molar-refractivity contribution in [1.82, 2.24) is 4.98 Å². The van der Waals surface area contributed by atoms with Gasteiger partial charge < -0.3 is 0 Å². The first-order chi connectivity index (χ1) is 9.03. The summed E-state index contributed by atoms with van der Waals surface area (Å²) >= 11 is 3.28. The minimum Gasteiger partial charge on any atom is -0.278 e. The topological polar surface area (TPSA) is 59.1 Å². The molecule has 0 saturated carbocycles. The van der Waals surface area contributed by atoms with Gasteiger partial charge in [-0.05, 0) is 29.8 Å². The molecular weight excluding hydrogens is 335 g/mol. The van der Waals surface area contributed by atoms with Gasteiger partial charge in [-0.1, -0.05) is 28.1 Å². The largest absolute Gasteiger partial charge is 0.282 e. The van der Waals surface area contributed by atoms with Crippen LogP contribution < -0.4 is 4.72 Å². The molecule has 0 bridgehead atoms. The molecule has 0 aliphatic heterocycles. The van der Waals surface area contributed by atoms with Crippen LogP contribution in [0.4, 0.5) is 10.1 Å². The highest BCUT2D eigenvalue weighted by Gasteiger charge is 2.20. The number of benzene rings is 1. The van der Waals surface area contributed by atoms with Crippen molar-refractivity contribution in [3.05, 3.63) is 54.0 Å². The zero-order valence-corrected chi connectivity index (χ0v) is 12.1. The van der Waals surface area contributed by atoms with E-state index in [0.717, 1.165) is 11.6 Å². The van der Waals surface area contributed by atoms with Gasteiger partial charge in [-0.15, -0.1) is 0 Å². The van der Waals surface area contributed by atoms with Crippen LogP contribution in [0.5, 0.6) is 0 Å². The van der Waals surface area contributed by atoms with Crippen molar-refractivity contribution < 1.29 is 12.8 Å². The van der Waals surface area contributed by atoms with E-state index >= 15 is 0 Å². The number of sulfonamides is 1. The molecule has 2 aromatic rings. The van der Waals surface area contributed by atoms with Gasteiger partial charge in [0.15, 0.2) is 5.82 Å². The first kappa shape index (κ1) is 14.0. The molecule has 1 aromatic carbocycles. The summed E-state index contributed by atoms with van der Waals surface area (Å²) in [7, 11) is -4.02. The lowest BCUT2D eigenvalue weighted by Crippen LogP contribution is -2.16. The van der Waals surface area contributed by atoms with Crippen LogP contribution in [0.2, 0.25) is 0 Å². The van der Waals surface area contributed by atoms with E-state index in [1.165, 1.54) is 12.3 Å². The van der Waals surface area contributed by atoms with E-state index in [0.29, 0.717) is 11.0 Å². The quantitative estimate of drug-likeness (QED) is 0.867. The molecular formula is C12H10BrFN2O2S. The van der Waals surface area contributed by atoms with Gasteiger partial charge in [0, 0.05) is 17.2 Å². The number of pyridine rings is 1. The number of nitrogens with zero attached hydrogens (tertiary/aromatic N) is 1. The standard InChI is InChI=1S/C12H10BrFN2O2S/c13-8-9-3-1-4-10(7-9)16-19(17,18)12-11(14)5-2-6-15-12/h1-7,16H,8H2. The van der Waals surface area contributed by atoms with E-state index in [4.69, 9.17) is 0 Å². The Morgan fingerprint density at radius 2 is 2.05 bits per heavy atom. The number of alkyl halides is 1. The molecule has 0 aliphatic carbocycles. The van der Waals surface area contributed by atoms with Gasteiger partial charge in [0.25, 0.3) is 10.0 Å². The summed E-state index contributed by atoms with van der Waals surface area (Å²) in [6.07, 6.45) is 1.23. The van der Waals surface area contributed by atoms with Crippen molar-refractivity contribution in [3.63, 3.8) is 0 Å². The second-order valence-corrected chi connectivity index (χ2v) is 5.89. The molecule has 19 heavy (non-hydrogen) atoms. The highest BCUT2D eigenvalue weighted by Crippen LogP contribution is 2.18. The highest BCUT2D eigenvalue weighted by atomic mass is 79.9. The van der Waals surface area contributed by atoms with E-state index in [1.54, 1.807) is 18.2 Å². The predicted molar refractivity (Wildman–Crippen MR) is 74.1 cm³/mol. The number of nitrogens with one attached hydrogen (secondary N) is 1. The Labute approximate surface area is 118 Å². The average Bonchev–Trinajstić information content (AvgIpc) is 2.38. The maximum atomic E-state index is 13.4. The fourth-order valence-corrected chi connectivity index (χ4v) is 2.90. The third-order valence-corrected chi connectivity index (χ3v) is 4.27. The van der Waals surface area contributed by atoms with Crippen LogP contribution in [0.15, 0.2) is 47.6 Å². The molecule has 7 heteroatoms. The molecule has 0 saturated heterocycles. The lowest BCUT2D eigenvalue weighted by atomic mass is 10.2. The minimum atomic E-state index is -4.02. The van der Waals surface area contributed by atoms with Crippen LogP contribution in [-0.4, -0.2) is 13.4 Å². The van der Waals surface area contributed by atoms with Gasteiger partial charge in [0.2, 0.25) is 5.03 Å². The third-order valence-electron chi connectivity index (χ3n) is 2.31. The molecule has 2 rings (SSSR count). The van der Waals surface area contributed by atoms with E-state index < -0.39 is 20.9 Å². The Bertz CT molecular complexity index is 692. The molecule has 0 spiro atoms. The fraction of sp³-hybridized carbons (Fsp3) is 0.0833. The monoisotopic (exact) mass is 344 g/mol. The Kier molecular flexibility index (Phi) is 4.16. The van der Waals surface area contributed by atoms with E-state index in [2.05, 4.69) is 25.6 Å². The Balaban J connectivity index is 2.34. The highest BCUT2D eigenvalue weighted by molar-refractivity contribution is 9.08. The summed E-state index contributed by atoms with van der Waals surface area (Å²) in [6, 6.07) is 9.19. The SMILES string of the molecule is O=S(=O)(Nc1cccc(CBr)c1)c1ncccc1F.